The maximum absolute atomic E-state index is 12.2. The Kier molecular flexibility index (Phi) is 5.13. The van der Waals surface area contributed by atoms with Gasteiger partial charge in [0.05, 0.1) is 11.0 Å². The Morgan fingerprint density at radius 1 is 1.29 bits per heavy atom. The maximum Gasteiger partial charge on any atom is 0.251 e. The normalized spacial score (nSPS) is 10.9. The molecule has 1 amide bonds. The summed E-state index contributed by atoms with van der Waals surface area (Å²) in [5, 5.41) is 3.54. The van der Waals surface area contributed by atoms with Crippen molar-refractivity contribution < 1.29 is 9.53 Å². The molecule has 1 aromatic heterocycles. The van der Waals surface area contributed by atoms with Crippen molar-refractivity contribution in [3.05, 3.63) is 59.4 Å². The Labute approximate surface area is 145 Å². The summed E-state index contributed by atoms with van der Waals surface area (Å²) in [6.07, 6.45) is 2.52. The molecule has 0 aliphatic rings. The van der Waals surface area contributed by atoms with Crippen LogP contribution in [0.1, 0.15) is 16.8 Å². The highest BCUT2D eigenvalue weighted by atomic mass is 35.5. The van der Waals surface area contributed by atoms with Crippen molar-refractivity contribution in [3.8, 4) is 5.69 Å². The fourth-order valence-corrected chi connectivity index (χ4v) is 2.69. The number of carbonyl (C=O) groups excluding carboxylic acids is 1. The summed E-state index contributed by atoms with van der Waals surface area (Å²) in [6, 6.07) is 13.1. The van der Waals surface area contributed by atoms with Crippen molar-refractivity contribution >= 4 is 28.5 Å². The lowest BCUT2D eigenvalue weighted by atomic mass is 10.2. The number of nitrogens with zero attached hydrogens (tertiary/aromatic N) is 2. The van der Waals surface area contributed by atoms with E-state index in [1.807, 2.05) is 34.9 Å². The lowest BCUT2D eigenvalue weighted by molar-refractivity contribution is 0.0948. The van der Waals surface area contributed by atoms with Crippen LogP contribution in [0.4, 0.5) is 0 Å². The maximum atomic E-state index is 12.2. The first-order chi connectivity index (χ1) is 11.7. The van der Waals surface area contributed by atoms with Crippen LogP contribution >= 0.6 is 11.6 Å². The smallest absolute Gasteiger partial charge is 0.251 e. The van der Waals surface area contributed by atoms with Crippen LogP contribution in [0.2, 0.25) is 5.02 Å². The molecule has 2 aromatic carbocycles. The van der Waals surface area contributed by atoms with Crippen molar-refractivity contribution in [2.24, 2.45) is 0 Å². The molecule has 0 bridgehead atoms. The topological polar surface area (TPSA) is 56.1 Å². The lowest BCUT2D eigenvalue weighted by Gasteiger charge is -2.06. The lowest BCUT2D eigenvalue weighted by Crippen LogP contribution is -2.25. The SMILES string of the molecule is COCCCNC(=O)c1ccc2c(c1)ncn2-c1cccc(Cl)c1. The number of aromatic nitrogens is 2. The molecule has 124 valence electrons. The second-order valence-corrected chi connectivity index (χ2v) is 5.84. The summed E-state index contributed by atoms with van der Waals surface area (Å²) in [6.45, 7) is 1.21. The zero-order valence-electron chi connectivity index (χ0n) is 13.3. The minimum atomic E-state index is -0.106. The van der Waals surface area contributed by atoms with Crippen LogP contribution in [0.5, 0.6) is 0 Å². The van der Waals surface area contributed by atoms with E-state index in [0.717, 1.165) is 23.1 Å². The molecule has 0 saturated heterocycles. The van der Waals surface area contributed by atoms with Crippen molar-refractivity contribution in [2.75, 3.05) is 20.3 Å². The molecule has 24 heavy (non-hydrogen) atoms. The first-order valence-electron chi connectivity index (χ1n) is 7.69. The quantitative estimate of drug-likeness (QED) is 0.697. The molecule has 0 saturated carbocycles. The molecule has 0 radical (unpaired) electrons. The van der Waals surface area contributed by atoms with Gasteiger partial charge >= 0.3 is 0 Å². The van der Waals surface area contributed by atoms with E-state index in [2.05, 4.69) is 10.3 Å². The van der Waals surface area contributed by atoms with Crippen molar-refractivity contribution in [2.45, 2.75) is 6.42 Å². The van der Waals surface area contributed by atoms with Crippen LogP contribution in [0.3, 0.4) is 0 Å². The van der Waals surface area contributed by atoms with E-state index in [9.17, 15) is 4.79 Å². The van der Waals surface area contributed by atoms with Gasteiger partial charge in [0.15, 0.2) is 0 Å². The summed E-state index contributed by atoms with van der Waals surface area (Å²) >= 11 is 6.06. The third kappa shape index (κ3) is 3.58. The van der Waals surface area contributed by atoms with Crippen molar-refractivity contribution in [3.63, 3.8) is 0 Å². The molecule has 0 aliphatic carbocycles. The summed E-state index contributed by atoms with van der Waals surface area (Å²) in [5.74, 6) is -0.106. The van der Waals surface area contributed by atoms with Crippen molar-refractivity contribution in [1.82, 2.24) is 14.9 Å². The number of carbonyl (C=O) groups is 1. The van der Waals surface area contributed by atoms with E-state index in [4.69, 9.17) is 16.3 Å². The minimum Gasteiger partial charge on any atom is -0.385 e. The number of hydrogen-bond donors (Lipinski definition) is 1. The number of rotatable bonds is 6. The molecule has 6 heteroatoms. The molecular weight excluding hydrogens is 326 g/mol. The number of ether oxygens (including phenoxy) is 1. The largest absolute Gasteiger partial charge is 0.385 e. The van der Waals surface area contributed by atoms with E-state index >= 15 is 0 Å². The fourth-order valence-electron chi connectivity index (χ4n) is 2.51. The predicted octanol–water partition coefficient (Wildman–Crippen LogP) is 3.45. The molecule has 1 N–H and O–H groups in total. The van der Waals surface area contributed by atoms with Gasteiger partial charge in [-0.1, -0.05) is 17.7 Å². The van der Waals surface area contributed by atoms with E-state index in [1.165, 1.54) is 0 Å². The average Bonchev–Trinajstić information content (AvgIpc) is 3.01. The molecule has 0 aliphatic heterocycles. The molecule has 0 atom stereocenters. The fraction of sp³-hybridized carbons (Fsp3) is 0.222. The molecule has 0 spiro atoms. The van der Waals surface area contributed by atoms with E-state index < -0.39 is 0 Å². The van der Waals surface area contributed by atoms with E-state index in [-0.39, 0.29) is 5.91 Å². The van der Waals surface area contributed by atoms with Gasteiger partial charge in [-0.05, 0) is 42.8 Å². The Bertz CT molecular complexity index is 860. The van der Waals surface area contributed by atoms with Crippen LogP contribution < -0.4 is 5.32 Å². The highest BCUT2D eigenvalue weighted by Crippen LogP contribution is 2.21. The number of methoxy groups -OCH3 is 1. The predicted molar refractivity (Wildman–Crippen MR) is 94.9 cm³/mol. The highest BCUT2D eigenvalue weighted by molar-refractivity contribution is 6.30. The zero-order valence-corrected chi connectivity index (χ0v) is 14.1. The molecule has 1 heterocycles. The minimum absolute atomic E-state index is 0.106. The number of benzene rings is 2. The van der Waals surface area contributed by atoms with Crippen LogP contribution in [0, 0.1) is 0 Å². The zero-order chi connectivity index (χ0) is 16.9. The van der Waals surface area contributed by atoms with Gasteiger partial charge in [0.1, 0.15) is 6.33 Å². The van der Waals surface area contributed by atoms with Gasteiger partial charge in [0, 0.05) is 36.5 Å². The average molecular weight is 344 g/mol. The number of halogens is 1. The Morgan fingerprint density at radius 2 is 2.17 bits per heavy atom. The van der Waals surface area contributed by atoms with Crippen LogP contribution in [0.15, 0.2) is 48.8 Å². The number of fused-ring (bicyclic) bond motifs is 1. The van der Waals surface area contributed by atoms with Crippen molar-refractivity contribution in [1.29, 1.82) is 0 Å². The van der Waals surface area contributed by atoms with Gasteiger partial charge < -0.3 is 10.1 Å². The standard InChI is InChI=1S/C18H18ClN3O2/c1-24-9-3-8-20-18(23)13-6-7-17-16(10-13)21-12-22(17)15-5-2-4-14(19)11-15/h2,4-7,10-12H,3,8-9H2,1H3,(H,20,23). The molecule has 3 rings (SSSR count). The third-order valence-corrected chi connectivity index (χ3v) is 3.94. The van der Waals surface area contributed by atoms with Gasteiger partial charge in [0.2, 0.25) is 0 Å². The first kappa shape index (κ1) is 16.5. The number of imidazole rings is 1. The first-order valence-corrected chi connectivity index (χ1v) is 8.07. The van der Waals surface area contributed by atoms with Gasteiger partial charge in [-0.15, -0.1) is 0 Å². The van der Waals surface area contributed by atoms with Crippen LogP contribution in [-0.2, 0) is 4.74 Å². The molecule has 5 nitrogen and oxygen atoms in total. The number of amides is 1. The molecule has 0 fully saturated rings. The van der Waals surface area contributed by atoms with Gasteiger partial charge in [0.25, 0.3) is 5.91 Å². The van der Waals surface area contributed by atoms with Gasteiger partial charge in [-0.25, -0.2) is 4.98 Å². The summed E-state index contributed by atoms with van der Waals surface area (Å²) in [4.78, 5) is 16.6. The number of nitrogens with one attached hydrogen (secondary N) is 1. The Hall–Kier alpha value is -2.37. The summed E-state index contributed by atoms with van der Waals surface area (Å²) in [5.41, 5.74) is 3.21. The molecule has 0 unspecified atom stereocenters. The Balaban J connectivity index is 1.82. The van der Waals surface area contributed by atoms with Gasteiger partial charge in [-0.2, -0.15) is 0 Å². The van der Waals surface area contributed by atoms with Gasteiger partial charge in [-0.3, -0.25) is 9.36 Å². The molecule has 3 aromatic rings. The monoisotopic (exact) mass is 343 g/mol. The van der Waals surface area contributed by atoms with Crippen LogP contribution in [-0.4, -0.2) is 35.7 Å². The third-order valence-electron chi connectivity index (χ3n) is 3.71. The highest BCUT2D eigenvalue weighted by Gasteiger charge is 2.10. The second-order valence-electron chi connectivity index (χ2n) is 5.40. The summed E-state index contributed by atoms with van der Waals surface area (Å²) in [7, 11) is 1.64. The second kappa shape index (κ2) is 7.47. The van der Waals surface area contributed by atoms with E-state index in [0.29, 0.717) is 23.7 Å². The molecular formula is C18H18ClN3O2. The van der Waals surface area contributed by atoms with E-state index in [1.54, 1.807) is 25.6 Å². The summed E-state index contributed by atoms with van der Waals surface area (Å²) < 4.78 is 6.91. The number of hydrogen-bond acceptors (Lipinski definition) is 3. The van der Waals surface area contributed by atoms with Crippen LogP contribution in [0.25, 0.3) is 16.7 Å². The Morgan fingerprint density at radius 3 is 2.96 bits per heavy atom.